The van der Waals surface area contributed by atoms with Gasteiger partial charge in [-0.3, -0.25) is 4.79 Å². The van der Waals surface area contributed by atoms with Crippen LogP contribution in [0.3, 0.4) is 0 Å². The van der Waals surface area contributed by atoms with Crippen LogP contribution in [-0.2, 0) is 11.3 Å². The number of aromatic nitrogens is 5. The molecule has 8 nitrogen and oxygen atoms in total. The molecule has 4 rings (SSSR count). The van der Waals surface area contributed by atoms with Gasteiger partial charge in [-0.1, -0.05) is 29.5 Å². The summed E-state index contributed by atoms with van der Waals surface area (Å²) < 4.78 is 7.87. The lowest BCUT2D eigenvalue weighted by Crippen LogP contribution is -2.15. The third-order valence-corrected chi connectivity index (χ3v) is 5.71. The van der Waals surface area contributed by atoms with Gasteiger partial charge in [0, 0.05) is 24.4 Å². The van der Waals surface area contributed by atoms with E-state index in [9.17, 15) is 4.79 Å². The molecule has 3 aromatic rings. The van der Waals surface area contributed by atoms with Crippen LogP contribution in [0.15, 0.2) is 33.8 Å². The number of rotatable bonds is 8. The highest BCUT2D eigenvalue weighted by Crippen LogP contribution is 2.41. The molecular weight excluding hydrogens is 376 g/mol. The number of nitrogens with two attached hydrogens (primary N) is 1. The van der Waals surface area contributed by atoms with Crippen LogP contribution in [0.1, 0.15) is 54.6 Å². The molecule has 0 aliphatic heterocycles. The quantitative estimate of drug-likeness (QED) is 0.580. The Balaban J connectivity index is 1.51. The second kappa shape index (κ2) is 7.75. The van der Waals surface area contributed by atoms with Gasteiger partial charge in [-0.15, -0.1) is 20.4 Å². The van der Waals surface area contributed by atoms with Crippen molar-refractivity contribution in [1.82, 2.24) is 25.0 Å². The lowest BCUT2D eigenvalue weighted by atomic mass is 10.1. The number of primary amides is 1. The summed E-state index contributed by atoms with van der Waals surface area (Å²) in [6, 6.07) is 7.95. The van der Waals surface area contributed by atoms with Gasteiger partial charge in [0.25, 0.3) is 0 Å². The summed E-state index contributed by atoms with van der Waals surface area (Å²) in [6.45, 7) is 4.51. The van der Waals surface area contributed by atoms with Gasteiger partial charge in [0.2, 0.25) is 17.7 Å². The molecule has 2 aromatic heterocycles. The molecule has 1 unspecified atom stereocenters. The number of aryl methyl sites for hydroxylation is 1. The normalized spacial score (nSPS) is 14.9. The Morgan fingerprint density at radius 1 is 1.25 bits per heavy atom. The third-order valence-electron chi connectivity index (χ3n) is 4.64. The van der Waals surface area contributed by atoms with Crippen LogP contribution < -0.4 is 5.73 Å². The molecular formula is C19H22N6O2S. The molecule has 1 amide bonds. The van der Waals surface area contributed by atoms with Crippen molar-refractivity contribution in [3.05, 3.63) is 41.5 Å². The van der Waals surface area contributed by atoms with E-state index in [1.165, 1.54) is 17.3 Å². The minimum absolute atomic E-state index is 0.102. The van der Waals surface area contributed by atoms with E-state index in [-0.39, 0.29) is 17.6 Å². The lowest BCUT2D eigenvalue weighted by Gasteiger charge is -2.10. The minimum atomic E-state index is -0.334. The predicted molar refractivity (Wildman–Crippen MR) is 105 cm³/mol. The molecule has 1 aromatic carbocycles. The Morgan fingerprint density at radius 3 is 2.68 bits per heavy atom. The molecule has 0 radical (unpaired) electrons. The van der Waals surface area contributed by atoms with E-state index in [4.69, 9.17) is 10.2 Å². The van der Waals surface area contributed by atoms with Crippen molar-refractivity contribution < 1.29 is 9.21 Å². The fraction of sp³-hybridized carbons (Fsp3) is 0.421. The average molecular weight is 398 g/mol. The molecule has 2 heterocycles. The van der Waals surface area contributed by atoms with Crippen molar-refractivity contribution in [3.63, 3.8) is 0 Å². The summed E-state index contributed by atoms with van der Waals surface area (Å²) in [5, 5.41) is 17.7. The molecule has 28 heavy (non-hydrogen) atoms. The molecule has 9 heteroatoms. The summed E-state index contributed by atoms with van der Waals surface area (Å²) >= 11 is 1.49. The highest BCUT2D eigenvalue weighted by atomic mass is 32.2. The van der Waals surface area contributed by atoms with Crippen LogP contribution in [0.2, 0.25) is 0 Å². The number of carbonyl (C=O) groups excluding carboxylic acids is 1. The number of carbonyl (C=O) groups is 1. The van der Waals surface area contributed by atoms with Crippen molar-refractivity contribution in [1.29, 1.82) is 0 Å². The Labute approximate surface area is 166 Å². The topological polar surface area (TPSA) is 113 Å². The first kappa shape index (κ1) is 18.7. The zero-order chi connectivity index (χ0) is 19.7. The van der Waals surface area contributed by atoms with Gasteiger partial charge in [0.15, 0.2) is 5.16 Å². The first-order valence-corrected chi connectivity index (χ1v) is 10.2. The van der Waals surface area contributed by atoms with E-state index in [1.54, 1.807) is 0 Å². The zero-order valence-electron chi connectivity index (χ0n) is 15.8. The highest BCUT2D eigenvalue weighted by Gasteiger charge is 2.31. The fourth-order valence-corrected chi connectivity index (χ4v) is 3.80. The molecule has 146 valence electrons. The lowest BCUT2D eigenvalue weighted by molar-refractivity contribution is -0.118. The Hall–Kier alpha value is -2.68. The SMILES string of the molecule is Cc1ccc(-c2nnc(C(C)Sc3nnc(C4CC4)n3CCC(N)=O)o2)cc1. The summed E-state index contributed by atoms with van der Waals surface area (Å²) in [5.41, 5.74) is 7.39. The molecule has 0 spiro atoms. The maximum Gasteiger partial charge on any atom is 0.247 e. The van der Waals surface area contributed by atoms with Gasteiger partial charge in [-0.05, 0) is 38.8 Å². The van der Waals surface area contributed by atoms with Crippen molar-refractivity contribution in [2.24, 2.45) is 5.73 Å². The van der Waals surface area contributed by atoms with Crippen LogP contribution >= 0.6 is 11.8 Å². The number of amides is 1. The predicted octanol–water partition coefficient (Wildman–Crippen LogP) is 3.24. The largest absolute Gasteiger partial charge is 0.419 e. The Morgan fingerprint density at radius 2 is 2.00 bits per heavy atom. The Bertz CT molecular complexity index is 977. The van der Waals surface area contributed by atoms with Crippen LogP contribution in [0.4, 0.5) is 0 Å². The van der Waals surface area contributed by atoms with E-state index >= 15 is 0 Å². The van der Waals surface area contributed by atoms with Gasteiger partial charge in [0.1, 0.15) is 5.82 Å². The molecule has 0 saturated heterocycles. The molecule has 1 fully saturated rings. The van der Waals surface area contributed by atoms with Gasteiger partial charge in [-0.25, -0.2) is 0 Å². The number of thioether (sulfide) groups is 1. The summed E-state index contributed by atoms with van der Waals surface area (Å²) in [4.78, 5) is 11.2. The molecule has 1 aliphatic carbocycles. The van der Waals surface area contributed by atoms with Crippen molar-refractivity contribution >= 4 is 17.7 Å². The van der Waals surface area contributed by atoms with E-state index in [1.807, 2.05) is 42.7 Å². The average Bonchev–Trinajstić information content (AvgIpc) is 3.25. The maximum absolute atomic E-state index is 11.2. The number of hydrogen-bond donors (Lipinski definition) is 1. The number of nitrogens with zero attached hydrogens (tertiary/aromatic N) is 5. The van der Waals surface area contributed by atoms with E-state index < -0.39 is 0 Å². The first-order chi connectivity index (χ1) is 13.5. The van der Waals surface area contributed by atoms with Gasteiger partial charge in [-0.2, -0.15) is 0 Å². The van der Waals surface area contributed by atoms with Crippen LogP contribution in [-0.4, -0.2) is 30.9 Å². The molecule has 0 bridgehead atoms. The van der Waals surface area contributed by atoms with E-state index in [2.05, 4.69) is 20.4 Å². The second-order valence-electron chi connectivity index (χ2n) is 7.05. The highest BCUT2D eigenvalue weighted by molar-refractivity contribution is 7.99. The van der Waals surface area contributed by atoms with Crippen molar-refractivity contribution in [3.8, 4) is 11.5 Å². The minimum Gasteiger partial charge on any atom is -0.419 e. The fourth-order valence-electron chi connectivity index (χ4n) is 2.88. The van der Waals surface area contributed by atoms with E-state index in [0.717, 1.165) is 29.4 Å². The van der Waals surface area contributed by atoms with Crippen molar-refractivity contribution in [2.45, 2.75) is 56.0 Å². The first-order valence-electron chi connectivity index (χ1n) is 9.29. The summed E-state index contributed by atoms with van der Waals surface area (Å²) in [6.07, 6.45) is 2.48. The molecule has 1 aliphatic rings. The molecule has 1 atom stereocenters. The molecule has 1 saturated carbocycles. The van der Waals surface area contributed by atoms with Crippen LogP contribution in [0, 0.1) is 6.92 Å². The Kier molecular flexibility index (Phi) is 5.17. The van der Waals surface area contributed by atoms with Crippen molar-refractivity contribution in [2.75, 3.05) is 0 Å². The monoisotopic (exact) mass is 398 g/mol. The van der Waals surface area contributed by atoms with Crippen LogP contribution in [0.25, 0.3) is 11.5 Å². The van der Waals surface area contributed by atoms with E-state index in [0.29, 0.717) is 24.2 Å². The smallest absolute Gasteiger partial charge is 0.247 e. The number of hydrogen-bond acceptors (Lipinski definition) is 7. The maximum atomic E-state index is 11.2. The molecule has 2 N–H and O–H groups in total. The second-order valence-corrected chi connectivity index (χ2v) is 8.36. The standard InChI is InChI=1S/C19H22N6O2S/c1-11-3-5-14(6-4-11)18-23-22-17(27-18)12(2)28-19-24-21-16(13-7-8-13)25(19)10-9-15(20)26/h3-6,12-13H,7-10H2,1-2H3,(H2,20,26). The summed E-state index contributed by atoms with van der Waals surface area (Å²) in [5.74, 6) is 2.05. The zero-order valence-corrected chi connectivity index (χ0v) is 16.6. The number of benzene rings is 1. The van der Waals surface area contributed by atoms with Gasteiger partial charge >= 0.3 is 0 Å². The third kappa shape index (κ3) is 4.09. The van der Waals surface area contributed by atoms with Gasteiger partial charge in [0.05, 0.1) is 5.25 Å². The van der Waals surface area contributed by atoms with Gasteiger partial charge < -0.3 is 14.7 Å². The van der Waals surface area contributed by atoms with Crippen LogP contribution in [0.5, 0.6) is 0 Å². The summed E-state index contributed by atoms with van der Waals surface area (Å²) in [7, 11) is 0.